The molecule has 0 atom stereocenters. The first kappa shape index (κ1) is 14.2. The minimum atomic E-state index is -0.764. The van der Waals surface area contributed by atoms with Gasteiger partial charge >= 0.3 is 5.97 Å². The molecule has 0 aliphatic heterocycles. The van der Waals surface area contributed by atoms with Crippen molar-refractivity contribution in [3.63, 3.8) is 0 Å². The van der Waals surface area contributed by atoms with E-state index in [2.05, 4.69) is 0 Å². The third kappa shape index (κ3) is 7.14. The van der Waals surface area contributed by atoms with Crippen LogP contribution in [0, 0.1) is 5.92 Å². The van der Waals surface area contributed by atoms with Gasteiger partial charge in [-0.2, -0.15) is 0 Å². The lowest BCUT2D eigenvalue weighted by atomic mass is 9.85. The number of ketones is 1. The van der Waals surface area contributed by atoms with Gasteiger partial charge in [0.25, 0.3) is 0 Å². The fourth-order valence-corrected chi connectivity index (χ4v) is 2.56. The highest BCUT2D eigenvalue weighted by Crippen LogP contribution is 2.27. The molecule has 0 spiro atoms. The summed E-state index contributed by atoms with van der Waals surface area (Å²) < 4.78 is 0. The molecule has 0 aromatic heterocycles. The fourth-order valence-electron chi connectivity index (χ4n) is 2.56. The summed E-state index contributed by atoms with van der Waals surface area (Å²) in [6, 6.07) is 0. The number of hydrogen-bond donors (Lipinski definition) is 1. The number of carbonyl (C=O) groups is 2. The number of carboxylic acids is 1. The number of aliphatic carboxylic acids is 1. The van der Waals surface area contributed by atoms with E-state index in [0.29, 0.717) is 25.0 Å². The lowest BCUT2D eigenvalue weighted by Crippen LogP contribution is -2.09. The van der Waals surface area contributed by atoms with E-state index < -0.39 is 5.97 Å². The van der Waals surface area contributed by atoms with Crippen molar-refractivity contribution in [3.05, 3.63) is 0 Å². The molecule has 0 radical (unpaired) electrons. The third-order valence-corrected chi connectivity index (χ3v) is 3.65. The molecule has 0 bridgehead atoms. The fraction of sp³-hybridized carbons (Fsp3) is 0.857. The van der Waals surface area contributed by atoms with Gasteiger partial charge in [-0.3, -0.25) is 9.59 Å². The number of rotatable bonds is 8. The summed E-state index contributed by atoms with van der Waals surface area (Å²) >= 11 is 0. The molecule has 1 rings (SSSR count). The van der Waals surface area contributed by atoms with Gasteiger partial charge in [0.2, 0.25) is 0 Å². The molecule has 3 heteroatoms. The van der Waals surface area contributed by atoms with Crippen LogP contribution in [-0.4, -0.2) is 16.9 Å². The predicted molar refractivity (Wildman–Crippen MR) is 66.9 cm³/mol. The van der Waals surface area contributed by atoms with Crippen LogP contribution in [0.25, 0.3) is 0 Å². The molecular weight excluding hydrogens is 216 g/mol. The van der Waals surface area contributed by atoms with Gasteiger partial charge in [0.05, 0.1) is 0 Å². The van der Waals surface area contributed by atoms with Crippen molar-refractivity contribution in [2.75, 3.05) is 0 Å². The Kier molecular flexibility index (Phi) is 6.90. The summed E-state index contributed by atoms with van der Waals surface area (Å²) in [4.78, 5) is 21.9. The van der Waals surface area contributed by atoms with Crippen molar-refractivity contribution in [1.29, 1.82) is 0 Å². The molecule has 1 aliphatic carbocycles. The first-order chi connectivity index (χ1) is 8.18. The van der Waals surface area contributed by atoms with Crippen molar-refractivity contribution in [1.82, 2.24) is 0 Å². The van der Waals surface area contributed by atoms with Gasteiger partial charge in [-0.1, -0.05) is 32.1 Å². The van der Waals surface area contributed by atoms with Gasteiger partial charge in [0, 0.05) is 19.3 Å². The predicted octanol–water partition coefficient (Wildman–Crippen LogP) is 3.56. The average Bonchev–Trinajstić information content (AvgIpc) is 2.33. The lowest BCUT2D eigenvalue weighted by molar-refractivity contribution is -0.137. The number of Topliss-reactive ketones (excluding diaryl/α,β-unsaturated/α-hetero) is 1. The molecule has 1 saturated carbocycles. The molecule has 1 aliphatic rings. The molecule has 0 amide bonds. The average molecular weight is 240 g/mol. The van der Waals surface area contributed by atoms with Crippen LogP contribution in [-0.2, 0) is 9.59 Å². The Morgan fingerprint density at radius 1 is 0.941 bits per heavy atom. The molecule has 0 unspecified atom stereocenters. The van der Waals surface area contributed by atoms with Gasteiger partial charge < -0.3 is 5.11 Å². The van der Waals surface area contributed by atoms with E-state index in [0.717, 1.165) is 18.8 Å². The summed E-state index contributed by atoms with van der Waals surface area (Å²) in [5.41, 5.74) is 0. The van der Waals surface area contributed by atoms with Gasteiger partial charge in [-0.05, 0) is 25.2 Å². The van der Waals surface area contributed by atoms with Crippen molar-refractivity contribution >= 4 is 11.8 Å². The van der Waals surface area contributed by atoms with Crippen molar-refractivity contribution in [3.8, 4) is 0 Å². The molecular formula is C14H24O3. The van der Waals surface area contributed by atoms with Crippen LogP contribution < -0.4 is 0 Å². The van der Waals surface area contributed by atoms with Crippen LogP contribution in [0.3, 0.4) is 0 Å². The van der Waals surface area contributed by atoms with Crippen molar-refractivity contribution in [2.45, 2.75) is 70.6 Å². The Hall–Kier alpha value is -0.860. The number of hydrogen-bond acceptors (Lipinski definition) is 2. The van der Waals surface area contributed by atoms with E-state index in [-0.39, 0.29) is 6.42 Å². The summed E-state index contributed by atoms with van der Waals surface area (Å²) in [6.45, 7) is 0. The highest BCUT2D eigenvalue weighted by Gasteiger charge is 2.14. The van der Waals surface area contributed by atoms with Crippen LogP contribution in [0.15, 0.2) is 0 Å². The van der Waals surface area contributed by atoms with E-state index in [1.54, 1.807) is 0 Å². The van der Waals surface area contributed by atoms with E-state index in [9.17, 15) is 9.59 Å². The minimum absolute atomic E-state index is 0.190. The first-order valence-corrected chi connectivity index (χ1v) is 6.92. The molecule has 98 valence electrons. The largest absolute Gasteiger partial charge is 0.481 e. The summed E-state index contributed by atoms with van der Waals surface area (Å²) in [7, 11) is 0. The maximum Gasteiger partial charge on any atom is 0.303 e. The maximum atomic E-state index is 11.6. The minimum Gasteiger partial charge on any atom is -0.481 e. The van der Waals surface area contributed by atoms with Gasteiger partial charge in [0.15, 0.2) is 0 Å². The summed E-state index contributed by atoms with van der Waals surface area (Å²) in [6.07, 6.45) is 10.5. The van der Waals surface area contributed by atoms with Crippen LogP contribution >= 0.6 is 0 Å². The van der Waals surface area contributed by atoms with Gasteiger partial charge in [-0.15, -0.1) is 0 Å². The number of carboxylic acid groups (broad SMARTS) is 1. The number of unbranched alkanes of at least 4 members (excludes halogenated alkanes) is 1. The molecule has 1 N–H and O–H groups in total. The molecule has 0 heterocycles. The molecule has 17 heavy (non-hydrogen) atoms. The molecule has 0 aromatic rings. The quantitative estimate of drug-likeness (QED) is 0.660. The highest BCUT2D eigenvalue weighted by molar-refractivity contribution is 5.78. The number of carbonyl (C=O) groups excluding carboxylic acids is 1. The molecule has 0 aromatic carbocycles. The van der Waals surface area contributed by atoms with E-state index in [1.165, 1.54) is 32.1 Å². The second-order valence-corrected chi connectivity index (χ2v) is 5.18. The summed E-state index contributed by atoms with van der Waals surface area (Å²) in [5, 5.41) is 8.47. The second kappa shape index (κ2) is 8.26. The lowest BCUT2D eigenvalue weighted by Gasteiger charge is -2.20. The molecule has 1 fully saturated rings. The van der Waals surface area contributed by atoms with Crippen LogP contribution in [0.5, 0.6) is 0 Å². The zero-order chi connectivity index (χ0) is 12.5. The smallest absolute Gasteiger partial charge is 0.303 e. The Morgan fingerprint density at radius 2 is 1.59 bits per heavy atom. The third-order valence-electron chi connectivity index (χ3n) is 3.65. The SMILES string of the molecule is O=C(O)CCCCC(=O)CCC1CCCCC1. The van der Waals surface area contributed by atoms with E-state index in [1.807, 2.05) is 0 Å². The van der Waals surface area contributed by atoms with Crippen molar-refractivity contribution in [2.24, 2.45) is 5.92 Å². The summed E-state index contributed by atoms with van der Waals surface area (Å²) in [5.74, 6) is 0.326. The topological polar surface area (TPSA) is 54.4 Å². The second-order valence-electron chi connectivity index (χ2n) is 5.18. The first-order valence-electron chi connectivity index (χ1n) is 6.92. The Labute approximate surface area is 104 Å². The zero-order valence-corrected chi connectivity index (χ0v) is 10.6. The molecule has 3 nitrogen and oxygen atoms in total. The van der Waals surface area contributed by atoms with Gasteiger partial charge in [-0.25, -0.2) is 0 Å². The van der Waals surface area contributed by atoms with E-state index in [4.69, 9.17) is 5.11 Å². The van der Waals surface area contributed by atoms with Crippen molar-refractivity contribution < 1.29 is 14.7 Å². The van der Waals surface area contributed by atoms with E-state index >= 15 is 0 Å². The van der Waals surface area contributed by atoms with Crippen LogP contribution in [0.4, 0.5) is 0 Å². The Bertz CT molecular complexity index is 242. The standard InChI is InChI=1S/C14H24O3/c15-13(8-4-5-9-14(16)17)11-10-12-6-2-1-3-7-12/h12H,1-11H2,(H,16,17). The van der Waals surface area contributed by atoms with Crippen LogP contribution in [0.1, 0.15) is 70.6 Å². The van der Waals surface area contributed by atoms with Crippen LogP contribution in [0.2, 0.25) is 0 Å². The zero-order valence-electron chi connectivity index (χ0n) is 10.6. The van der Waals surface area contributed by atoms with Gasteiger partial charge in [0.1, 0.15) is 5.78 Å². The molecule has 0 saturated heterocycles. The highest BCUT2D eigenvalue weighted by atomic mass is 16.4. The normalized spacial score (nSPS) is 16.9. The maximum absolute atomic E-state index is 11.6. The monoisotopic (exact) mass is 240 g/mol. The Balaban J connectivity index is 1.98. The Morgan fingerprint density at radius 3 is 2.24 bits per heavy atom.